The molecular formula is C18H20N2O3. The van der Waals surface area contributed by atoms with Crippen molar-refractivity contribution in [2.45, 2.75) is 25.3 Å². The lowest BCUT2D eigenvalue weighted by molar-refractivity contribution is -0.141. The minimum Gasteiger partial charge on any atom is -0.469 e. The zero-order chi connectivity index (χ0) is 16.2. The van der Waals surface area contributed by atoms with Crippen LogP contribution in [0.25, 0.3) is 10.8 Å². The number of nitrogens with one attached hydrogen (secondary N) is 2. The van der Waals surface area contributed by atoms with E-state index in [9.17, 15) is 9.59 Å². The topological polar surface area (TPSA) is 67.4 Å². The average molecular weight is 312 g/mol. The number of fused-ring (bicyclic) bond motifs is 1. The van der Waals surface area contributed by atoms with Gasteiger partial charge in [0.1, 0.15) is 0 Å². The fraction of sp³-hybridized carbons (Fsp3) is 0.333. The lowest BCUT2D eigenvalue weighted by atomic mass is 10.1. The molecule has 0 saturated heterocycles. The van der Waals surface area contributed by atoms with Crippen LogP contribution in [0.2, 0.25) is 0 Å². The second-order valence-electron chi connectivity index (χ2n) is 5.85. The number of esters is 1. The first-order valence-corrected chi connectivity index (χ1v) is 7.79. The monoisotopic (exact) mass is 312 g/mol. The van der Waals surface area contributed by atoms with Crippen LogP contribution in [0.3, 0.4) is 0 Å². The van der Waals surface area contributed by atoms with Crippen molar-refractivity contribution in [3.8, 4) is 0 Å². The van der Waals surface area contributed by atoms with Gasteiger partial charge < -0.3 is 15.4 Å². The van der Waals surface area contributed by atoms with E-state index in [1.807, 2.05) is 42.5 Å². The molecule has 2 N–H and O–H groups in total. The third-order valence-corrected chi connectivity index (χ3v) is 4.16. The van der Waals surface area contributed by atoms with E-state index in [1.165, 1.54) is 7.11 Å². The molecule has 1 atom stereocenters. The van der Waals surface area contributed by atoms with Crippen molar-refractivity contribution >= 4 is 28.5 Å². The van der Waals surface area contributed by atoms with Crippen LogP contribution < -0.4 is 10.6 Å². The number of rotatable bonds is 5. The number of carbonyl (C=O) groups excluding carboxylic acids is 2. The van der Waals surface area contributed by atoms with Gasteiger partial charge >= 0.3 is 12.0 Å². The predicted molar refractivity (Wildman–Crippen MR) is 89.2 cm³/mol. The molecule has 5 heteroatoms. The van der Waals surface area contributed by atoms with Gasteiger partial charge in [0.05, 0.1) is 19.2 Å². The number of hydrogen-bond donors (Lipinski definition) is 2. The van der Waals surface area contributed by atoms with E-state index in [0.29, 0.717) is 5.92 Å². The van der Waals surface area contributed by atoms with Gasteiger partial charge in [0.2, 0.25) is 0 Å². The van der Waals surface area contributed by atoms with Gasteiger partial charge in [-0.15, -0.1) is 0 Å². The van der Waals surface area contributed by atoms with Gasteiger partial charge in [0, 0.05) is 11.4 Å². The Balaban J connectivity index is 1.69. The van der Waals surface area contributed by atoms with Crippen LogP contribution in [0.15, 0.2) is 42.5 Å². The van der Waals surface area contributed by atoms with Crippen LogP contribution in [0, 0.1) is 5.92 Å². The number of hydrogen-bond acceptors (Lipinski definition) is 3. The summed E-state index contributed by atoms with van der Waals surface area (Å²) in [6, 6.07) is 13.2. The molecule has 0 radical (unpaired) electrons. The minimum absolute atomic E-state index is 0.169. The fourth-order valence-corrected chi connectivity index (χ4v) is 2.76. The Morgan fingerprint density at radius 1 is 1.17 bits per heavy atom. The van der Waals surface area contributed by atoms with Crippen molar-refractivity contribution in [3.63, 3.8) is 0 Å². The van der Waals surface area contributed by atoms with Gasteiger partial charge in [-0.2, -0.15) is 0 Å². The summed E-state index contributed by atoms with van der Waals surface area (Å²) in [6.07, 6.45) is 2.29. The molecule has 1 aliphatic rings. The molecule has 1 aliphatic carbocycles. The Labute approximate surface area is 135 Å². The zero-order valence-corrected chi connectivity index (χ0v) is 13.0. The number of carbonyl (C=O) groups is 2. The molecule has 3 rings (SSSR count). The van der Waals surface area contributed by atoms with E-state index in [1.54, 1.807) is 0 Å². The molecule has 2 amide bonds. The average Bonchev–Trinajstić information content (AvgIpc) is 3.39. The summed E-state index contributed by atoms with van der Waals surface area (Å²) in [5.74, 6) is 0.0692. The maximum Gasteiger partial charge on any atom is 0.319 e. The Morgan fingerprint density at radius 2 is 1.91 bits per heavy atom. The van der Waals surface area contributed by atoms with E-state index in [4.69, 9.17) is 4.74 Å². The Bertz CT molecular complexity index is 720. The molecule has 5 nitrogen and oxygen atoms in total. The van der Waals surface area contributed by atoms with Crippen molar-refractivity contribution in [2.75, 3.05) is 12.4 Å². The van der Waals surface area contributed by atoms with Gasteiger partial charge in [0.15, 0.2) is 0 Å². The van der Waals surface area contributed by atoms with Crippen LogP contribution >= 0.6 is 0 Å². The second kappa shape index (κ2) is 6.69. The maximum absolute atomic E-state index is 12.3. The normalized spacial score (nSPS) is 15.0. The van der Waals surface area contributed by atoms with Crippen LogP contribution in [-0.4, -0.2) is 25.2 Å². The van der Waals surface area contributed by atoms with E-state index >= 15 is 0 Å². The van der Waals surface area contributed by atoms with E-state index in [0.717, 1.165) is 29.3 Å². The van der Waals surface area contributed by atoms with E-state index in [2.05, 4.69) is 10.6 Å². The number of methoxy groups -OCH3 is 1. The highest BCUT2D eigenvalue weighted by atomic mass is 16.5. The molecule has 0 aromatic heterocycles. The standard InChI is InChI=1S/C18H20N2O3/c1-23-17(21)11-16(13-9-10-13)20-18(22)19-15-8-4-6-12-5-2-3-7-14(12)15/h2-8,13,16H,9-11H2,1H3,(H2,19,20,22)/t16-/m0/s1. The molecule has 0 unspecified atom stereocenters. The third-order valence-electron chi connectivity index (χ3n) is 4.16. The minimum atomic E-state index is -0.299. The smallest absolute Gasteiger partial charge is 0.319 e. The molecule has 1 saturated carbocycles. The highest BCUT2D eigenvalue weighted by Crippen LogP contribution is 2.34. The molecule has 0 spiro atoms. The maximum atomic E-state index is 12.3. The first-order valence-electron chi connectivity index (χ1n) is 7.79. The lowest BCUT2D eigenvalue weighted by Crippen LogP contribution is -2.40. The number of urea groups is 1. The molecule has 0 bridgehead atoms. The van der Waals surface area contributed by atoms with Gasteiger partial charge in [-0.05, 0) is 30.2 Å². The summed E-state index contributed by atoms with van der Waals surface area (Å²) in [4.78, 5) is 23.8. The summed E-state index contributed by atoms with van der Waals surface area (Å²) in [5, 5.41) is 7.85. The lowest BCUT2D eigenvalue weighted by Gasteiger charge is -2.18. The molecule has 2 aromatic carbocycles. The Morgan fingerprint density at radius 3 is 2.65 bits per heavy atom. The number of anilines is 1. The van der Waals surface area contributed by atoms with Crippen molar-refractivity contribution in [1.82, 2.24) is 5.32 Å². The van der Waals surface area contributed by atoms with Gasteiger partial charge in [-0.3, -0.25) is 4.79 Å². The molecule has 23 heavy (non-hydrogen) atoms. The van der Waals surface area contributed by atoms with Crippen molar-refractivity contribution < 1.29 is 14.3 Å². The summed E-state index contributed by atoms with van der Waals surface area (Å²) in [5.41, 5.74) is 0.758. The van der Waals surface area contributed by atoms with Crippen LogP contribution in [0.5, 0.6) is 0 Å². The van der Waals surface area contributed by atoms with Crippen LogP contribution in [0.1, 0.15) is 19.3 Å². The van der Waals surface area contributed by atoms with Crippen LogP contribution in [-0.2, 0) is 9.53 Å². The van der Waals surface area contributed by atoms with Crippen molar-refractivity contribution in [3.05, 3.63) is 42.5 Å². The molecule has 2 aromatic rings. The van der Waals surface area contributed by atoms with Gasteiger partial charge in [0.25, 0.3) is 0 Å². The summed E-state index contributed by atoms with van der Waals surface area (Å²) < 4.78 is 4.71. The van der Waals surface area contributed by atoms with E-state index in [-0.39, 0.29) is 24.5 Å². The second-order valence-corrected chi connectivity index (χ2v) is 5.85. The zero-order valence-electron chi connectivity index (χ0n) is 13.0. The molecule has 0 heterocycles. The molecule has 1 fully saturated rings. The predicted octanol–water partition coefficient (Wildman–Crippen LogP) is 3.30. The number of ether oxygens (including phenoxy) is 1. The quantitative estimate of drug-likeness (QED) is 0.832. The number of benzene rings is 2. The van der Waals surface area contributed by atoms with Crippen LogP contribution in [0.4, 0.5) is 10.5 Å². The van der Waals surface area contributed by atoms with Gasteiger partial charge in [-0.1, -0.05) is 36.4 Å². The Kier molecular flexibility index (Phi) is 4.46. The third kappa shape index (κ3) is 3.80. The van der Waals surface area contributed by atoms with Crippen molar-refractivity contribution in [2.24, 2.45) is 5.92 Å². The summed E-state index contributed by atoms with van der Waals surface area (Å²) in [6.45, 7) is 0. The first kappa shape index (κ1) is 15.3. The highest BCUT2D eigenvalue weighted by Gasteiger charge is 2.34. The first-order chi connectivity index (χ1) is 11.2. The number of amides is 2. The molecule has 0 aliphatic heterocycles. The fourth-order valence-electron chi connectivity index (χ4n) is 2.76. The highest BCUT2D eigenvalue weighted by molar-refractivity contribution is 6.01. The van der Waals surface area contributed by atoms with Gasteiger partial charge in [-0.25, -0.2) is 4.79 Å². The molecule has 120 valence electrons. The Hall–Kier alpha value is -2.56. The summed E-state index contributed by atoms with van der Waals surface area (Å²) >= 11 is 0. The molecular weight excluding hydrogens is 292 g/mol. The largest absolute Gasteiger partial charge is 0.469 e. The van der Waals surface area contributed by atoms with Crippen molar-refractivity contribution in [1.29, 1.82) is 0 Å². The van der Waals surface area contributed by atoms with E-state index < -0.39 is 0 Å². The summed E-state index contributed by atoms with van der Waals surface area (Å²) in [7, 11) is 1.36. The SMILES string of the molecule is COC(=O)C[C@H](NC(=O)Nc1cccc2ccccc12)C1CC1.